The first-order valence-electron chi connectivity index (χ1n) is 9.37. The SMILES string of the molecule is COc1cc(/C=C2\C(=O)c3cc(Cl)ccc3OC2c2ccc(O)c(OC)c2)ccc1O. The van der Waals surface area contributed by atoms with Gasteiger partial charge in [-0.2, -0.15) is 0 Å². The third-order valence-corrected chi connectivity index (χ3v) is 5.24. The molecule has 2 N–H and O–H groups in total. The van der Waals surface area contributed by atoms with Gasteiger partial charge in [-0.15, -0.1) is 0 Å². The van der Waals surface area contributed by atoms with E-state index >= 15 is 0 Å². The summed E-state index contributed by atoms with van der Waals surface area (Å²) < 4.78 is 16.6. The van der Waals surface area contributed by atoms with Crippen LogP contribution in [0.3, 0.4) is 0 Å². The minimum Gasteiger partial charge on any atom is -0.504 e. The normalized spacial score (nSPS) is 16.5. The fourth-order valence-electron chi connectivity index (χ4n) is 3.46. The van der Waals surface area contributed by atoms with Gasteiger partial charge in [0.25, 0.3) is 0 Å². The lowest BCUT2D eigenvalue weighted by atomic mass is 9.89. The van der Waals surface area contributed by atoms with Gasteiger partial charge in [0.05, 0.1) is 19.8 Å². The fourth-order valence-corrected chi connectivity index (χ4v) is 3.63. The Morgan fingerprint density at radius 3 is 2.32 bits per heavy atom. The van der Waals surface area contributed by atoms with Crippen LogP contribution in [0.4, 0.5) is 0 Å². The van der Waals surface area contributed by atoms with Crippen molar-refractivity contribution in [1.82, 2.24) is 0 Å². The molecule has 0 saturated carbocycles. The predicted molar refractivity (Wildman–Crippen MR) is 116 cm³/mol. The zero-order chi connectivity index (χ0) is 22.1. The maximum absolute atomic E-state index is 13.4. The standard InChI is InChI=1S/C24H19ClO6/c1-29-21-10-13(3-6-18(21)26)9-17-23(28)16-12-15(25)5-8-20(16)31-24(17)14-4-7-19(27)22(11-14)30-2/h3-12,24,26-27H,1-2H3/b17-9+. The lowest BCUT2D eigenvalue weighted by Gasteiger charge is -2.28. The Morgan fingerprint density at radius 1 is 0.935 bits per heavy atom. The second-order valence-corrected chi connectivity index (χ2v) is 7.37. The van der Waals surface area contributed by atoms with Crippen LogP contribution in [0, 0.1) is 0 Å². The van der Waals surface area contributed by atoms with Crippen LogP contribution < -0.4 is 14.2 Å². The Balaban J connectivity index is 1.88. The van der Waals surface area contributed by atoms with E-state index in [0.717, 1.165) is 0 Å². The van der Waals surface area contributed by atoms with E-state index in [9.17, 15) is 15.0 Å². The van der Waals surface area contributed by atoms with Crippen LogP contribution in [0.1, 0.15) is 27.6 Å². The molecule has 4 rings (SSSR count). The number of ketones is 1. The molecule has 0 bridgehead atoms. The van der Waals surface area contributed by atoms with Crippen molar-refractivity contribution in [3.63, 3.8) is 0 Å². The van der Waals surface area contributed by atoms with Crippen molar-refractivity contribution in [1.29, 1.82) is 0 Å². The van der Waals surface area contributed by atoms with E-state index < -0.39 is 6.10 Å². The number of hydrogen-bond donors (Lipinski definition) is 2. The highest BCUT2D eigenvalue weighted by Crippen LogP contribution is 2.42. The van der Waals surface area contributed by atoms with Crippen molar-refractivity contribution < 1.29 is 29.2 Å². The van der Waals surface area contributed by atoms with Crippen LogP contribution in [-0.4, -0.2) is 30.2 Å². The number of halogens is 1. The van der Waals surface area contributed by atoms with E-state index in [4.69, 9.17) is 25.8 Å². The fraction of sp³-hybridized carbons (Fsp3) is 0.125. The number of ether oxygens (including phenoxy) is 3. The number of methoxy groups -OCH3 is 2. The number of carbonyl (C=O) groups excluding carboxylic acids is 1. The van der Waals surface area contributed by atoms with Gasteiger partial charge in [-0.1, -0.05) is 23.7 Å². The first-order chi connectivity index (χ1) is 14.9. The molecule has 1 unspecified atom stereocenters. The third kappa shape index (κ3) is 3.90. The molecule has 158 valence electrons. The summed E-state index contributed by atoms with van der Waals surface area (Å²) in [6.07, 6.45) is 0.925. The number of phenolic OH excluding ortho intramolecular Hbond substituents is 2. The second-order valence-electron chi connectivity index (χ2n) is 6.93. The van der Waals surface area contributed by atoms with E-state index in [0.29, 0.717) is 33.0 Å². The van der Waals surface area contributed by atoms with Crippen molar-refractivity contribution in [2.24, 2.45) is 0 Å². The van der Waals surface area contributed by atoms with Crippen LogP contribution >= 0.6 is 11.6 Å². The summed E-state index contributed by atoms with van der Waals surface area (Å²) in [6.45, 7) is 0. The molecular weight excluding hydrogens is 420 g/mol. The molecule has 0 aliphatic carbocycles. The van der Waals surface area contributed by atoms with Crippen molar-refractivity contribution in [2.75, 3.05) is 14.2 Å². The van der Waals surface area contributed by atoms with Crippen molar-refractivity contribution >= 4 is 23.5 Å². The van der Waals surface area contributed by atoms with Gasteiger partial charge >= 0.3 is 0 Å². The van der Waals surface area contributed by atoms with Crippen molar-refractivity contribution in [3.05, 3.63) is 81.9 Å². The van der Waals surface area contributed by atoms with E-state index in [1.54, 1.807) is 48.5 Å². The largest absolute Gasteiger partial charge is 0.504 e. The summed E-state index contributed by atoms with van der Waals surface area (Å²) in [5.41, 5.74) is 1.98. The van der Waals surface area contributed by atoms with Crippen LogP contribution in [0.15, 0.2) is 60.2 Å². The number of aromatic hydroxyl groups is 2. The first-order valence-corrected chi connectivity index (χ1v) is 9.75. The molecule has 0 saturated heterocycles. The maximum Gasteiger partial charge on any atom is 0.196 e. The van der Waals surface area contributed by atoms with Gasteiger partial charge in [-0.25, -0.2) is 0 Å². The van der Waals surface area contributed by atoms with E-state index in [2.05, 4.69) is 0 Å². The lowest BCUT2D eigenvalue weighted by molar-refractivity contribution is 0.0963. The van der Waals surface area contributed by atoms with Crippen LogP contribution in [-0.2, 0) is 0 Å². The van der Waals surface area contributed by atoms with Crippen molar-refractivity contribution in [2.45, 2.75) is 6.10 Å². The molecule has 6 nitrogen and oxygen atoms in total. The molecule has 0 fully saturated rings. The number of rotatable bonds is 4. The van der Waals surface area contributed by atoms with Gasteiger partial charge in [0.15, 0.2) is 34.9 Å². The molecular formula is C24H19ClO6. The van der Waals surface area contributed by atoms with Crippen LogP contribution in [0.5, 0.6) is 28.7 Å². The molecule has 7 heteroatoms. The van der Waals surface area contributed by atoms with Crippen LogP contribution in [0.25, 0.3) is 6.08 Å². The zero-order valence-electron chi connectivity index (χ0n) is 16.8. The molecule has 1 heterocycles. The second kappa shape index (κ2) is 8.24. The Hall–Kier alpha value is -3.64. The maximum atomic E-state index is 13.4. The smallest absolute Gasteiger partial charge is 0.196 e. The number of Topliss-reactive ketones (excluding diaryl/α,β-unsaturated/α-hetero) is 1. The molecule has 31 heavy (non-hydrogen) atoms. The number of fused-ring (bicyclic) bond motifs is 1. The summed E-state index contributed by atoms with van der Waals surface area (Å²) in [5.74, 6) is 0.688. The lowest BCUT2D eigenvalue weighted by Crippen LogP contribution is -2.23. The Labute approximate surface area is 183 Å². The minimum absolute atomic E-state index is 0.00665. The summed E-state index contributed by atoms with van der Waals surface area (Å²) in [4.78, 5) is 13.4. The molecule has 0 aromatic heterocycles. The Kier molecular flexibility index (Phi) is 5.48. The number of carbonyl (C=O) groups is 1. The highest BCUT2D eigenvalue weighted by molar-refractivity contribution is 6.31. The van der Waals surface area contributed by atoms with Gasteiger partial charge in [0, 0.05) is 16.2 Å². The molecule has 1 atom stereocenters. The predicted octanol–water partition coefficient (Wildman–Crippen LogP) is 5.17. The van der Waals surface area contributed by atoms with Gasteiger partial charge in [-0.3, -0.25) is 4.79 Å². The first kappa shape index (κ1) is 20.6. The summed E-state index contributed by atoms with van der Waals surface area (Å²) in [6, 6.07) is 14.4. The quantitative estimate of drug-likeness (QED) is 0.547. The molecule has 3 aromatic rings. The summed E-state index contributed by atoms with van der Waals surface area (Å²) in [5, 5.41) is 20.3. The number of benzene rings is 3. The van der Waals surface area contributed by atoms with Crippen molar-refractivity contribution in [3.8, 4) is 28.7 Å². The third-order valence-electron chi connectivity index (χ3n) is 5.01. The summed E-state index contributed by atoms with van der Waals surface area (Å²) >= 11 is 6.10. The molecule has 0 amide bonds. The van der Waals surface area contributed by atoms with Crippen LogP contribution in [0.2, 0.25) is 5.02 Å². The zero-order valence-corrected chi connectivity index (χ0v) is 17.5. The number of hydrogen-bond acceptors (Lipinski definition) is 6. The molecule has 0 radical (unpaired) electrons. The van der Waals surface area contributed by atoms with E-state index in [1.807, 2.05) is 0 Å². The van der Waals surface area contributed by atoms with Gasteiger partial charge in [0.1, 0.15) is 5.75 Å². The van der Waals surface area contributed by atoms with Gasteiger partial charge < -0.3 is 24.4 Å². The van der Waals surface area contributed by atoms with E-state index in [1.165, 1.54) is 26.4 Å². The minimum atomic E-state index is -0.754. The van der Waals surface area contributed by atoms with Gasteiger partial charge in [-0.05, 0) is 54.1 Å². The van der Waals surface area contributed by atoms with E-state index in [-0.39, 0.29) is 28.8 Å². The van der Waals surface area contributed by atoms with Gasteiger partial charge in [0.2, 0.25) is 0 Å². The molecule has 1 aliphatic heterocycles. The number of phenols is 2. The Bertz CT molecular complexity index is 1200. The summed E-state index contributed by atoms with van der Waals surface area (Å²) in [7, 11) is 2.90. The average molecular weight is 439 g/mol. The average Bonchev–Trinajstić information content (AvgIpc) is 2.77. The monoisotopic (exact) mass is 438 g/mol. The molecule has 1 aliphatic rings. The Morgan fingerprint density at radius 2 is 1.61 bits per heavy atom. The highest BCUT2D eigenvalue weighted by atomic mass is 35.5. The molecule has 0 spiro atoms. The topological polar surface area (TPSA) is 85.2 Å². The highest BCUT2D eigenvalue weighted by Gasteiger charge is 2.33. The molecule has 3 aromatic carbocycles.